The SMILES string of the molecule is CCCCc1cnc(N2CCC(C(C)CCOc3ccc(S(C)(=O)=O)cc3)CC2)nc1. The minimum Gasteiger partial charge on any atom is -0.494 e. The van der Waals surface area contributed by atoms with Crippen LogP contribution in [0.25, 0.3) is 0 Å². The van der Waals surface area contributed by atoms with Crippen LogP contribution in [0.5, 0.6) is 5.75 Å². The van der Waals surface area contributed by atoms with Crippen molar-refractivity contribution in [3.8, 4) is 5.75 Å². The number of rotatable bonds is 10. The monoisotopic (exact) mass is 445 g/mol. The smallest absolute Gasteiger partial charge is 0.225 e. The fourth-order valence-corrected chi connectivity index (χ4v) is 4.70. The first-order valence-corrected chi connectivity index (χ1v) is 13.2. The van der Waals surface area contributed by atoms with E-state index in [9.17, 15) is 8.42 Å². The van der Waals surface area contributed by atoms with E-state index in [-0.39, 0.29) is 0 Å². The molecule has 1 aromatic heterocycles. The van der Waals surface area contributed by atoms with Crippen molar-refractivity contribution in [2.45, 2.75) is 57.3 Å². The fraction of sp³-hybridized carbons (Fsp3) is 0.583. The maximum atomic E-state index is 11.5. The Bertz CT molecular complexity index is 906. The molecule has 1 saturated heterocycles. The molecule has 1 atom stereocenters. The van der Waals surface area contributed by atoms with Crippen molar-refractivity contribution in [2.24, 2.45) is 11.8 Å². The third kappa shape index (κ3) is 6.92. The molecule has 0 N–H and O–H groups in total. The van der Waals surface area contributed by atoms with Gasteiger partial charge in [-0.15, -0.1) is 0 Å². The van der Waals surface area contributed by atoms with Gasteiger partial charge in [-0.25, -0.2) is 18.4 Å². The topological polar surface area (TPSA) is 72.4 Å². The number of benzene rings is 1. The van der Waals surface area contributed by atoms with Crippen molar-refractivity contribution in [3.63, 3.8) is 0 Å². The minimum atomic E-state index is -3.17. The van der Waals surface area contributed by atoms with Gasteiger partial charge in [0.05, 0.1) is 11.5 Å². The van der Waals surface area contributed by atoms with Crippen molar-refractivity contribution in [2.75, 3.05) is 30.9 Å². The molecule has 0 aliphatic carbocycles. The zero-order chi connectivity index (χ0) is 22.3. The van der Waals surface area contributed by atoms with Crippen LogP contribution < -0.4 is 9.64 Å². The summed E-state index contributed by atoms with van der Waals surface area (Å²) < 4.78 is 28.9. The lowest BCUT2D eigenvalue weighted by molar-refractivity contribution is 0.222. The summed E-state index contributed by atoms with van der Waals surface area (Å²) >= 11 is 0. The molecule has 1 fully saturated rings. The van der Waals surface area contributed by atoms with Crippen molar-refractivity contribution < 1.29 is 13.2 Å². The lowest BCUT2D eigenvalue weighted by Gasteiger charge is -2.35. The first kappa shape index (κ1) is 23.5. The Morgan fingerprint density at radius 1 is 1.13 bits per heavy atom. The summed E-state index contributed by atoms with van der Waals surface area (Å²) in [6, 6.07) is 6.66. The minimum absolute atomic E-state index is 0.319. The van der Waals surface area contributed by atoms with Crippen LogP contribution in [0.1, 0.15) is 51.5 Å². The summed E-state index contributed by atoms with van der Waals surface area (Å²) in [6.07, 6.45) is 11.9. The molecule has 0 radical (unpaired) electrons. The van der Waals surface area contributed by atoms with Gasteiger partial charge >= 0.3 is 0 Å². The molecule has 0 saturated carbocycles. The predicted molar refractivity (Wildman–Crippen MR) is 124 cm³/mol. The quantitative estimate of drug-likeness (QED) is 0.534. The number of piperidine rings is 1. The third-order valence-electron chi connectivity index (χ3n) is 6.23. The Kier molecular flexibility index (Phi) is 8.29. The Hall–Kier alpha value is -2.15. The molecule has 3 rings (SSSR count). The lowest BCUT2D eigenvalue weighted by Crippen LogP contribution is -2.37. The molecule has 6 nitrogen and oxygen atoms in total. The van der Waals surface area contributed by atoms with Gasteiger partial charge in [0.2, 0.25) is 5.95 Å². The fourth-order valence-electron chi connectivity index (χ4n) is 4.07. The number of nitrogens with zero attached hydrogens (tertiary/aromatic N) is 3. The maximum absolute atomic E-state index is 11.5. The van der Waals surface area contributed by atoms with Crippen LogP contribution in [0.3, 0.4) is 0 Å². The molecule has 1 aromatic carbocycles. The van der Waals surface area contributed by atoms with E-state index in [1.165, 1.54) is 24.7 Å². The Labute approximate surface area is 187 Å². The van der Waals surface area contributed by atoms with E-state index in [0.29, 0.717) is 29.1 Å². The third-order valence-corrected chi connectivity index (χ3v) is 7.36. The predicted octanol–water partition coefficient (Wildman–Crippen LogP) is 4.54. The van der Waals surface area contributed by atoms with Gasteiger partial charge in [-0.3, -0.25) is 0 Å². The van der Waals surface area contributed by atoms with Gasteiger partial charge in [-0.2, -0.15) is 0 Å². The highest BCUT2D eigenvalue weighted by Gasteiger charge is 2.25. The number of aryl methyl sites for hydroxylation is 1. The van der Waals surface area contributed by atoms with Crippen LogP contribution >= 0.6 is 0 Å². The molecule has 1 aliphatic rings. The van der Waals surface area contributed by atoms with Gasteiger partial charge in [0.15, 0.2) is 9.84 Å². The molecule has 0 bridgehead atoms. The van der Waals surface area contributed by atoms with Crippen LogP contribution in [-0.4, -0.2) is 44.3 Å². The molecule has 7 heteroatoms. The summed E-state index contributed by atoms with van der Waals surface area (Å²) in [5, 5.41) is 0. The second-order valence-corrected chi connectivity index (χ2v) is 10.7. The standard InChI is InChI=1S/C24H35N3O3S/c1-4-5-6-20-17-25-24(26-18-20)27-14-11-21(12-15-27)19(2)13-16-30-22-7-9-23(10-8-22)31(3,28)29/h7-10,17-19,21H,4-6,11-16H2,1-3H3. The largest absolute Gasteiger partial charge is 0.494 e. The van der Waals surface area contributed by atoms with Gasteiger partial charge in [0.1, 0.15) is 5.75 Å². The van der Waals surface area contributed by atoms with E-state index < -0.39 is 9.84 Å². The molecule has 170 valence electrons. The summed E-state index contributed by atoms with van der Waals surface area (Å²) in [6.45, 7) is 7.14. The number of sulfone groups is 1. The zero-order valence-electron chi connectivity index (χ0n) is 19.0. The van der Waals surface area contributed by atoms with E-state index in [2.05, 4.69) is 28.7 Å². The highest BCUT2D eigenvalue weighted by molar-refractivity contribution is 7.90. The van der Waals surface area contributed by atoms with Crippen molar-refractivity contribution in [1.82, 2.24) is 9.97 Å². The summed E-state index contributed by atoms with van der Waals surface area (Å²) in [5.74, 6) is 2.83. The molecule has 2 heterocycles. The number of anilines is 1. The van der Waals surface area contributed by atoms with Crippen molar-refractivity contribution in [1.29, 1.82) is 0 Å². The van der Waals surface area contributed by atoms with E-state index in [1.54, 1.807) is 24.3 Å². The average Bonchev–Trinajstić information content (AvgIpc) is 2.78. The van der Waals surface area contributed by atoms with E-state index >= 15 is 0 Å². The van der Waals surface area contributed by atoms with Crippen molar-refractivity contribution >= 4 is 15.8 Å². The summed E-state index contributed by atoms with van der Waals surface area (Å²) in [7, 11) is -3.17. The summed E-state index contributed by atoms with van der Waals surface area (Å²) in [4.78, 5) is 11.8. The molecule has 2 aromatic rings. The molecule has 1 aliphatic heterocycles. The van der Waals surface area contributed by atoms with Crippen LogP contribution in [-0.2, 0) is 16.3 Å². The molecule has 31 heavy (non-hydrogen) atoms. The van der Waals surface area contributed by atoms with Gasteiger partial charge in [-0.05, 0) is 73.8 Å². The molecular formula is C24H35N3O3S. The second-order valence-electron chi connectivity index (χ2n) is 8.68. The molecule has 0 spiro atoms. The number of aromatic nitrogens is 2. The zero-order valence-corrected chi connectivity index (χ0v) is 19.8. The van der Waals surface area contributed by atoms with Gasteiger partial charge in [0, 0.05) is 31.7 Å². The normalized spacial score (nSPS) is 16.3. The van der Waals surface area contributed by atoms with Crippen molar-refractivity contribution in [3.05, 3.63) is 42.2 Å². The molecule has 0 amide bonds. The van der Waals surface area contributed by atoms with E-state index in [0.717, 1.165) is 44.7 Å². The Balaban J connectivity index is 1.40. The number of hydrogen-bond donors (Lipinski definition) is 0. The molecular weight excluding hydrogens is 410 g/mol. The Morgan fingerprint density at radius 2 is 1.77 bits per heavy atom. The summed E-state index contributed by atoms with van der Waals surface area (Å²) in [5.41, 5.74) is 1.22. The number of hydrogen-bond acceptors (Lipinski definition) is 6. The van der Waals surface area contributed by atoms with Crippen LogP contribution in [0.2, 0.25) is 0 Å². The molecule has 1 unspecified atom stereocenters. The van der Waals surface area contributed by atoms with Crippen LogP contribution in [0.4, 0.5) is 5.95 Å². The number of ether oxygens (including phenoxy) is 1. The van der Waals surface area contributed by atoms with Gasteiger partial charge in [0.25, 0.3) is 0 Å². The van der Waals surface area contributed by atoms with Gasteiger partial charge in [-0.1, -0.05) is 20.3 Å². The highest BCUT2D eigenvalue weighted by Crippen LogP contribution is 2.29. The highest BCUT2D eigenvalue weighted by atomic mass is 32.2. The lowest BCUT2D eigenvalue weighted by atomic mass is 9.84. The Morgan fingerprint density at radius 3 is 2.35 bits per heavy atom. The van der Waals surface area contributed by atoms with Crippen LogP contribution in [0.15, 0.2) is 41.6 Å². The average molecular weight is 446 g/mol. The van der Waals surface area contributed by atoms with E-state index in [4.69, 9.17) is 4.74 Å². The van der Waals surface area contributed by atoms with Gasteiger partial charge < -0.3 is 9.64 Å². The number of unbranched alkanes of at least 4 members (excludes halogenated alkanes) is 1. The maximum Gasteiger partial charge on any atom is 0.225 e. The first-order chi connectivity index (χ1) is 14.9. The van der Waals surface area contributed by atoms with E-state index in [1.807, 2.05) is 12.4 Å². The first-order valence-electron chi connectivity index (χ1n) is 11.4. The van der Waals surface area contributed by atoms with Crippen LogP contribution in [0, 0.1) is 11.8 Å². The second kappa shape index (κ2) is 10.9.